The van der Waals surface area contributed by atoms with Crippen LogP contribution in [-0.4, -0.2) is 29.1 Å². The van der Waals surface area contributed by atoms with E-state index in [4.69, 9.17) is 10.00 Å². The molecule has 3 aromatic rings. The van der Waals surface area contributed by atoms with Crippen molar-refractivity contribution in [3.05, 3.63) is 71.9 Å². The van der Waals surface area contributed by atoms with Gasteiger partial charge in [-0.1, -0.05) is 30.3 Å². The second-order valence-electron chi connectivity index (χ2n) is 6.07. The van der Waals surface area contributed by atoms with Crippen LogP contribution in [0.15, 0.2) is 60.8 Å². The Morgan fingerprint density at radius 2 is 1.96 bits per heavy atom. The van der Waals surface area contributed by atoms with Gasteiger partial charge in [0, 0.05) is 31.2 Å². The monoisotopic (exact) mass is 315 g/mol. The van der Waals surface area contributed by atoms with Crippen molar-refractivity contribution < 1.29 is 4.74 Å². The number of rotatable bonds is 4. The van der Waals surface area contributed by atoms with Gasteiger partial charge in [-0.3, -0.25) is 9.88 Å². The van der Waals surface area contributed by atoms with Gasteiger partial charge in [0.05, 0.1) is 17.1 Å². The van der Waals surface area contributed by atoms with Gasteiger partial charge in [0.25, 0.3) is 0 Å². The number of fused-ring (bicyclic) bond motifs is 1. The molecule has 2 aromatic carbocycles. The van der Waals surface area contributed by atoms with Gasteiger partial charge in [-0.25, -0.2) is 0 Å². The van der Waals surface area contributed by atoms with Crippen LogP contribution in [0.5, 0.6) is 5.75 Å². The predicted molar refractivity (Wildman–Crippen MR) is 92.6 cm³/mol. The molecule has 4 heteroatoms. The van der Waals surface area contributed by atoms with E-state index >= 15 is 0 Å². The molecule has 0 spiro atoms. The Kier molecular flexibility index (Phi) is 3.86. The zero-order chi connectivity index (χ0) is 16.4. The van der Waals surface area contributed by atoms with E-state index in [1.807, 2.05) is 24.4 Å². The summed E-state index contributed by atoms with van der Waals surface area (Å²) >= 11 is 0. The second kappa shape index (κ2) is 6.31. The summed E-state index contributed by atoms with van der Waals surface area (Å²) in [4.78, 5) is 6.86. The molecule has 0 atom stereocenters. The Labute approximate surface area is 140 Å². The molecule has 24 heavy (non-hydrogen) atoms. The molecular weight excluding hydrogens is 298 g/mol. The van der Waals surface area contributed by atoms with Crippen LogP contribution in [0, 0.1) is 11.3 Å². The average molecular weight is 315 g/mol. The molecule has 4 rings (SSSR count). The fourth-order valence-electron chi connectivity index (χ4n) is 3.09. The summed E-state index contributed by atoms with van der Waals surface area (Å²) in [6, 6.07) is 19.8. The van der Waals surface area contributed by atoms with Crippen LogP contribution in [0.1, 0.15) is 11.1 Å². The molecule has 0 radical (unpaired) electrons. The summed E-state index contributed by atoms with van der Waals surface area (Å²) in [5.74, 6) is 0.769. The fourth-order valence-corrected chi connectivity index (χ4v) is 3.09. The van der Waals surface area contributed by atoms with Crippen molar-refractivity contribution in [1.82, 2.24) is 9.88 Å². The SMILES string of the molecule is N#Cc1cccc(OC2CN(Cc3cccc4cccnc34)C2)c1. The summed E-state index contributed by atoms with van der Waals surface area (Å²) in [6.07, 6.45) is 2.03. The van der Waals surface area contributed by atoms with Crippen molar-refractivity contribution in [3.63, 3.8) is 0 Å². The molecule has 0 unspecified atom stereocenters. The predicted octanol–water partition coefficient (Wildman–Crippen LogP) is 3.37. The molecule has 1 aliphatic heterocycles. The lowest BCUT2D eigenvalue weighted by Gasteiger charge is -2.39. The first-order valence-corrected chi connectivity index (χ1v) is 8.03. The first kappa shape index (κ1) is 14.7. The third kappa shape index (κ3) is 2.94. The summed E-state index contributed by atoms with van der Waals surface area (Å²) in [7, 11) is 0. The molecule has 0 bridgehead atoms. The summed E-state index contributed by atoms with van der Waals surface area (Å²) in [5.41, 5.74) is 2.95. The van der Waals surface area contributed by atoms with Gasteiger partial charge in [0.1, 0.15) is 11.9 Å². The third-order valence-corrected chi connectivity index (χ3v) is 4.30. The van der Waals surface area contributed by atoms with Gasteiger partial charge in [0.15, 0.2) is 0 Å². The third-order valence-electron chi connectivity index (χ3n) is 4.30. The first-order valence-electron chi connectivity index (χ1n) is 8.03. The molecule has 0 N–H and O–H groups in total. The second-order valence-corrected chi connectivity index (χ2v) is 6.07. The number of hydrogen-bond acceptors (Lipinski definition) is 4. The topological polar surface area (TPSA) is 49.1 Å². The van der Waals surface area contributed by atoms with E-state index in [1.54, 1.807) is 12.1 Å². The Hall–Kier alpha value is -2.90. The lowest BCUT2D eigenvalue weighted by Crippen LogP contribution is -2.53. The number of nitriles is 1. The van der Waals surface area contributed by atoms with Crippen molar-refractivity contribution in [2.45, 2.75) is 12.6 Å². The number of aromatic nitrogens is 1. The molecule has 0 amide bonds. The van der Waals surface area contributed by atoms with Crippen LogP contribution in [0.25, 0.3) is 10.9 Å². The molecule has 1 fully saturated rings. The minimum absolute atomic E-state index is 0.182. The summed E-state index contributed by atoms with van der Waals surface area (Å²) < 4.78 is 5.94. The van der Waals surface area contributed by atoms with Gasteiger partial charge in [-0.15, -0.1) is 0 Å². The van der Waals surface area contributed by atoms with Gasteiger partial charge in [0.2, 0.25) is 0 Å². The Morgan fingerprint density at radius 3 is 2.83 bits per heavy atom. The van der Waals surface area contributed by atoms with E-state index in [2.05, 4.69) is 40.2 Å². The Morgan fingerprint density at radius 1 is 1.12 bits per heavy atom. The molecule has 1 aromatic heterocycles. The maximum absolute atomic E-state index is 8.94. The lowest BCUT2D eigenvalue weighted by atomic mass is 10.1. The maximum atomic E-state index is 8.94. The van der Waals surface area contributed by atoms with Crippen LogP contribution < -0.4 is 4.74 Å². The zero-order valence-corrected chi connectivity index (χ0v) is 13.2. The van der Waals surface area contributed by atoms with Crippen molar-refractivity contribution in [1.29, 1.82) is 5.26 Å². The minimum atomic E-state index is 0.182. The standard InChI is InChI=1S/C20H17N3O/c21-11-15-4-1-8-18(10-15)24-19-13-23(14-19)12-17-6-2-5-16-7-3-9-22-20(16)17/h1-10,19H,12-14H2. The smallest absolute Gasteiger partial charge is 0.124 e. The largest absolute Gasteiger partial charge is 0.488 e. The number of benzene rings is 2. The van der Waals surface area contributed by atoms with E-state index in [-0.39, 0.29) is 6.10 Å². The van der Waals surface area contributed by atoms with Crippen LogP contribution in [-0.2, 0) is 6.54 Å². The van der Waals surface area contributed by atoms with Gasteiger partial charge >= 0.3 is 0 Å². The van der Waals surface area contributed by atoms with Crippen molar-refractivity contribution >= 4 is 10.9 Å². The summed E-state index contributed by atoms with van der Waals surface area (Å²) in [5, 5.41) is 10.1. The van der Waals surface area contributed by atoms with Crippen LogP contribution in [0.3, 0.4) is 0 Å². The molecule has 0 aliphatic carbocycles. The quantitative estimate of drug-likeness (QED) is 0.740. The van der Waals surface area contributed by atoms with Crippen molar-refractivity contribution in [2.24, 2.45) is 0 Å². The van der Waals surface area contributed by atoms with Gasteiger partial charge < -0.3 is 4.74 Å². The maximum Gasteiger partial charge on any atom is 0.124 e. The number of hydrogen-bond donors (Lipinski definition) is 0. The van der Waals surface area contributed by atoms with Gasteiger partial charge in [-0.05, 0) is 29.8 Å². The van der Waals surface area contributed by atoms with Crippen LogP contribution >= 0.6 is 0 Å². The fraction of sp³-hybridized carbons (Fsp3) is 0.200. The van der Waals surface area contributed by atoms with E-state index in [1.165, 1.54) is 10.9 Å². The number of nitrogens with zero attached hydrogens (tertiary/aromatic N) is 3. The number of pyridine rings is 1. The van der Waals surface area contributed by atoms with Crippen molar-refractivity contribution in [3.8, 4) is 11.8 Å². The average Bonchev–Trinajstić information content (AvgIpc) is 2.60. The lowest BCUT2D eigenvalue weighted by molar-refractivity contribution is 0.0148. The first-order chi connectivity index (χ1) is 11.8. The molecule has 2 heterocycles. The van der Waals surface area contributed by atoms with Crippen molar-refractivity contribution in [2.75, 3.05) is 13.1 Å². The van der Waals surface area contributed by atoms with E-state index in [9.17, 15) is 0 Å². The molecule has 0 saturated carbocycles. The van der Waals surface area contributed by atoms with Gasteiger partial charge in [-0.2, -0.15) is 5.26 Å². The molecule has 118 valence electrons. The minimum Gasteiger partial charge on any atom is -0.488 e. The Bertz CT molecular complexity index is 905. The molecular formula is C20H17N3O. The highest BCUT2D eigenvalue weighted by Gasteiger charge is 2.28. The highest BCUT2D eigenvalue weighted by molar-refractivity contribution is 5.81. The van der Waals surface area contributed by atoms with E-state index in [0.717, 1.165) is 30.9 Å². The van der Waals surface area contributed by atoms with Crippen LogP contribution in [0.4, 0.5) is 0 Å². The number of ether oxygens (including phenoxy) is 1. The van der Waals surface area contributed by atoms with E-state index < -0.39 is 0 Å². The normalized spacial score (nSPS) is 15.0. The molecule has 4 nitrogen and oxygen atoms in total. The molecule has 1 aliphatic rings. The molecule has 1 saturated heterocycles. The number of likely N-dealkylation sites (tertiary alicyclic amines) is 1. The van der Waals surface area contributed by atoms with Crippen LogP contribution in [0.2, 0.25) is 0 Å². The highest BCUT2D eigenvalue weighted by Crippen LogP contribution is 2.23. The number of para-hydroxylation sites is 1. The summed E-state index contributed by atoms with van der Waals surface area (Å²) in [6.45, 7) is 2.66. The highest BCUT2D eigenvalue weighted by atomic mass is 16.5. The Balaban J connectivity index is 1.38. The zero-order valence-electron chi connectivity index (χ0n) is 13.2. The van der Waals surface area contributed by atoms with E-state index in [0.29, 0.717) is 5.56 Å².